The second-order valence-corrected chi connectivity index (χ2v) is 4.20. The highest BCUT2D eigenvalue weighted by Gasteiger charge is 2.12. The molecule has 0 amide bonds. The quantitative estimate of drug-likeness (QED) is 0.789. The molecular weight excluding hydrogens is 244 g/mol. The average Bonchev–Trinajstić information content (AvgIpc) is 2.44. The molecule has 5 heteroatoms. The van der Waals surface area contributed by atoms with Crippen LogP contribution in [-0.2, 0) is 6.54 Å². The molecule has 0 saturated carbocycles. The maximum atomic E-state index is 9.81. The van der Waals surface area contributed by atoms with Gasteiger partial charge >= 0.3 is 0 Å². The minimum atomic E-state index is -0.00202. The van der Waals surface area contributed by atoms with Crippen LogP contribution in [0.1, 0.15) is 25.3 Å². The minimum Gasteiger partial charge on any atom is -0.502 e. The third-order valence-electron chi connectivity index (χ3n) is 2.96. The molecule has 0 saturated heterocycles. The molecule has 0 radical (unpaired) electrons. The normalized spacial score (nSPS) is 11.7. The maximum absolute atomic E-state index is 9.81. The molecule has 2 N–H and O–H groups in total. The summed E-state index contributed by atoms with van der Waals surface area (Å²) in [6, 6.07) is 5.83. The van der Waals surface area contributed by atoms with Crippen LogP contribution in [0.4, 0.5) is 0 Å². The number of nitrogens with one attached hydrogen (secondary N) is 1. The SMILES string of the molecule is CCC(CC#N)NCc1cc(OC)c(O)c(OC)c1. The van der Waals surface area contributed by atoms with Gasteiger partial charge in [-0.3, -0.25) is 0 Å². The predicted octanol–water partition coefficient (Wildman–Crippen LogP) is 2.19. The molecule has 0 bridgehead atoms. The van der Waals surface area contributed by atoms with Crippen molar-refractivity contribution < 1.29 is 14.6 Å². The van der Waals surface area contributed by atoms with E-state index in [1.54, 1.807) is 12.1 Å². The van der Waals surface area contributed by atoms with Crippen LogP contribution in [0.15, 0.2) is 12.1 Å². The van der Waals surface area contributed by atoms with Gasteiger partial charge in [0.25, 0.3) is 0 Å². The zero-order chi connectivity index (χ0) is 14.3. The summed E-state index contributed by atoms with van der Waals surface area (Å²) >= 11 is 0. The Morgan fingerprint density at radius 2 is 1.89 bits per heavy atom. The van der Waals surface area contributed by atoms with Crippen molar-refractivity contribution in [3.8, 4) is 23.3 Å². The Kier molecular flexibility index (Phi) is 5.97. The molecule has 19 heavy (non-hydrogen) atoms. The van der Waals surface area contributed by atoms with Crippen LogP contribution < -0.4 is 14.8 Å². The van der Waals surface area contributed by atoms with Crippen LogP contribution >= 0.6 is 0 Å². The number of methoxy groups -OCH3 is 2. The van der Waals surface area contributed by atoms with E-state index in [0.717, 1.165) is 12.0 Å². The smallest absolute Gasteiger partial charge is 0.200 e. The van der Waals surface area contributed by atoms with Crippen molar-refractivity contribution in [2.45, 2.75) is 32.4 Å². The standard InChI is InChI=1S/C14H20N2O3/c1-4-11(5-6-15)16-9-10-7-12(18-2)14(17)13(8-10)19-3/h7-8,11,16-17H,4-5,9H2,1-3H3. The monoisotopic (exact) mass is 264 g/mol. The summed E-state index contributed by atoms with van der Waals surface area (Å²) in [4.78, 5) is 0. The Morgan fingerprint density at radius 3 is 2.32 bits per heavy atom. The largest absolute Gasteiger partial charge is 0.502 e. The predicted molar refractivity (Wildman–Crippen MR) is 72.4 cm³/mol. The van der Waals surface area contributed by atoms with Gasteiger partial charge in [-0.25, -0.2) is 0 Å². The minimum absolute atomic E-state index is 0.00202. The molecule has 0 aliphatic rings. The highest BCUT2D eigenvalue weighted by Crippen LogP contribution is 2.37. The first-order valence-electron chi connectivity index (χ1n) is 6.20. The highest BCUT2D eigenvalue weighted by atomic mass is 16.5. The summed E-state index contributed by atoms with van der Waals surface area (Å²) in [5, 5.41) is 21.8. The first kappa shape index (κ1) is 15.1. The van der Waals surface area contributed by atoms with E-state index < -0.39 is 0 Å². The van der Waals surface area contributed by atoms with Gasteiger partial charge in [0.2, 0.25) is 5.75 Å². The summed E-state index contributed by atoms with van der Waals surface area (Å²) in [6.07, 6.45) is 1.36. The molecule has 0 aliphatic heterocycles. The molecule has 1 aromatic rings. The van der Waals surface area contributed by atoms with Gasteiger partial charge in [0.1, 0.15) is 0 Å². The Hall–Kier alpha value is -1.93. The Bertz CT molecular complexity index is 429. The first-order valence-corrected chi connectivity index (χ1v) is 6.20. The number of benzene rings is 1. The summed E-state index contributed by atoms with van der Waals surface area (Å²) in [5.74, 6) is 0.756. The second kappa shape index (κ2) is 7.49. The molecule has 104 valence electrons. The van der Waals surface area contributed by atoms with E-state index in [9.17, 15) is 5.11 Å². The van der Waals surface area contributed by atoms with E-state index in [-0.39, 0.29) is 11.8 Å². The molecule has 0 aromatic heterocycles. The number of nitriles is 1. The summed E-state index contributed by atoms with van der Waals surface area (Å²) in [5.41, 5.74) is 0.933. The zero-order valence-corrected chi connectivity index (χ0v) is 11.6. The zero-order valence-electron chi connectivity index (χ0n) is 11.6. The van der Waals surface area contributed by atoms with Crippen molar-refractivity contribution in [3.63, 3.8) is 0 Å². The maximum Gasteiger partial charge on any atom is 0.200 e. The van der Waals surface area contributed by atoms with Gasteiger partial charge in [0, 0.05) is 12.6 Å². The Labute approximate surface area is 113 Å². The third kappa shape index (κ3) is 4.04. The van der Waals surface area contributed by atoms with Crippen LogP contribution in [-0.4, -0.2) is 25.4 Å². The fourth-order valence-corrected chi connectivity index (χ4v) is 1.78. The van der Waals surface area contributed by atoms with Crippen LogP contribution in [0.25, 0.3) is 0 Å². The Morgan fingerprint density at radius 1 is 1.32 bits per heavy atom. The van der Waals surface area contributed by atoms with Crippen LogP contribution in [0.2, 0.25) is 0 Å². The van der Waals surface area contributed by atoms with Crippen molar-refractivity contribution in [2.24, 2.45) is 0 Å². The van der Waals surface area contributed by atoms with Gasteiger partial charge in [-0.2, -0.15) is 5.26 Å². The van der Waals surface area contributed by atoms with Crippen LogP contribution in [0.3, 0.4) is 0 Å². The fourth-order valence-electron chi connectivity index (χ4n) is 1.78. The molecular formula is C14H20N2O3. The van der Waals surface area contributed by atoms with Crippen molar-refractivity contribution in [1.29, 1.82) is 5.26 Å². The van der Waals surface area contributed by atoms with Gasteiger partial charge in [0.15, 0.2) is 11.5 Å². The summed E-state index contributed by atoms with van der Waals surface area (Å²) < 4.78 is 10.2. The second-order valence-electron chi connectivity index (χ2n) is 4.20. The number of ether oxygens (including phenoxy) is 2. The van der Waals surface area contributed by atoms with E-state index in [1.165, 1.54) is 14.2 Å². The molecule has 0 aliphatic carbocycles. The lowest BCUT2D eigenvalue weighted by Gasteiger charge is -2.15. The molecule has 1 rings (SSSR count). The van der Waals surface area contributed by atoms with Gasteiger partial charge < -0.3 is 19.9 Å². The number of phenols is 1. The average molecular weight is 264 g/mol. The van der Waals surface area contributed by atoms with Gasteiger partial charge in [-0.05, 0) is 24.1 Å². The number of phenolic OH excluding ortho intramolecular Hbond substituents is 1. The molecule has 0 spiro atoms. The lowest BCUT2D eigenvalue weighted by atomic mass is 10.1. The molecule has 1 unspecified atom stereocenters. The van der Waals surface area contributed by atoms with Crippen molar-refractivity contribution >= 4 is 0 Å². The van der Waals surface area contributed by atoms with Crippen molar-refractivity contribution in [3.05, 3.63) is 17.7 Å². The van der Waals surface area contributed by atoms with E-state index in [2.05, 4.69) is 11.4 Å². The number of hydrogen-bond donors (Lipinski definition) is 2. The van der Waals surface area contributed by atoms with Crippen molar-refractivity contribution in [2.75, 3.05) is 14.2 Å². The number of hydrogen-bond acceptors (Lipinski definition) is 5. The lowest BCUT2D eigenvalue weighted by molar-refractivity contribution is 0.338. The first-order chi connectivity index (χ1) is 9.15. The Balaban J connectivity index is 2.81. The molecule has 1 aromatic carbocycles. The van der Waals surface area contributed by atoms with E-state index in [0.29, 0.717) is 24.5 Å². The van der Waals surface area contributed by atoms with E-state index in [4.69, 9.17) is 14.7 Å². The van der Waals surface area contributed by atoms with E-state index in [1.807, 2.05) is 6.92 Å². The van der Waals surface area contributed by atoms with Crippen LogP contribution in [0, 0.1) is 11.3 Å². The molecule has 5 nitrogen and oxygen atoms in total. The van der Waals surface area contributed by atoms with Gasteiger partial charge in [0.05, 0.1) is 26.7 Å². The molecule has 1 atom stereocenters. The highest BCUT2D eigenvalue weighted by molar-refractivity contribution is 5.52. The third-order valence-corrected chi connectivity index (χ3v) is 2.96. The molecule has 0 heterocycles. The topological polar surface area (TPSA) is 74.5 Å². The van der Waals surface area contributed by atoms with Crippen molar-refractivity contribution in [1.82, 2.24) is 5.32 Å². The molecule has 0 fully saturated rings. The number of aromatic hydroxyl groups is 1. The van der Waals surface area contributed by atoms with Gasteiger partial charge in [-0.1, -0.05) is 6.92 Å². The van der Waals surface area contributed by atoms with Crippen LogP contribution in [0.5, 0.6) is 17.2 Å². The van der Waals surface area contributed by atoms with Gasteiger partial charge in [-0.15, -0.1) is 0 Å². The fraction of sp³-hybridized carbons (Fsp3) is 0.500. The number of rotatable bonds is 7. The van der Waals surface area contributed by atoms with E-state index >= 15 is 0 Å². The summed E-state index contributed by atoms with van der Waals surface area (Å²) in [6.45, 7) is 2.63. The summed E-state index contributed by atoms with van der Waals surface area (Å²) in [7, 11) is 2.99. The number of nitrogens with zero attached hydrogens (tertiary/aromatic N) is 1. The lowest BCUT2D eigenvalue weighted by Crippen LogP contribution is -2.27.